The van der Waals surface area contributed by atoms with Crippen LogP contribution in [0.15, 0.2) is 45.8 Å². The highest BCUT2D eigenvalue weighted by atomic mass is 79.9. The summed E-state index contributed by atoms with van der Waals surface area (Å²) in [5, 5.41) is 14.5. The molecule has 7 nitrogen and oxygen atoms in total. The van der Waals surface area contributed by atoms with Crippen molar-refractivity contribution in [2.45, 2.75) is 31.6 Å². The molecule has 1 atom stereocenters. The molecule has 0 radical (unpaired) electrons. The summed E-state index contributed by atoms with van der Waals surface area (Å²) < 4.78 is 29.9. The second-order valence-corrected chi connectivity index (χ2v) is 9.63. The number of nitrogens with zero attached hydrogens (tertiary/aromatic N) is 1. The number of hydrogen-bond acceptors (Lipinski definition) is 6. The minimum absolute atomic E-state index is 0.0766. The smallest absolute Gasteiger partial charge is 0.296 e. The Bertz CT molecular complexity index is 967. The Morgan fingerprint density at radius 1 is 1.28 bits per heavy atom. The van der Waals surface area contributed by atoms with E-state index in [9.17, 15) is 18.5 Å². The Morgan fingerprint density at radius 2 is 1.93 bits per heavy atom. The first kappa shape index (κ1) is 23.6. The van der Waals surface area contributed by atoms with Crippen molar-refractivity contribution in [2.24, 2.45) is 5.92 Å². The van der Waals surface area contributed by atoms with E-state index in [4.69, 9.17) is 15.8 Å². The van der Waals surface area contributed by atoms with E-state index in [0.717, 1.165) is 5.56 Å². The standard InChI is InChI=1S/C19H22BrClN2O5S/c1-13-5-7-15(8-6-13)29(26,27)28-9-3-4-14(2)12-22-18-10-16(20)17(21)11-19(18)23(24)25/h5-8,10-11,14,22H,3-4,9,12H2,1-2H3/t14-/m1/s1. The Morgan fingerprint density at radius 3 is 2.55 bits per heavy atom. The molecule has 0 aliphatic heterocycles. The quantitative estimate of drug-likeness (QED) is 0.197. The highest BCUT2D eigenvalue weighted by Gasteiger charge is 2.18. The van der Waals surface area contributed by atoms with E-state index in [2.05, 4.69) is 21.2 Å². The highest BCUT2D eigenvalue weighted by molar-refractivity contribution is 9.10. The average molecular weight is 506 g/mol. The molecule has 2 rings (SSSR count). The molecule has 158 valence electrons. The Balaban J connectivity index is 1.82. The molecule has 0 aliphatic carbocycles. The highest BCUT2D eigenvalue weighted by Crippen LogP contribution is 2.34. The summed E-state index contributed by atoms with van der Waals surface area (Å²) in [7, 11) is -3.76. The second kappa shape index (κ2) is 10.4. The zero-order valence-electron chi connectivity index (χ0n) is 16.0. The van der Waals surface area contributed by atoms with Gasteiger partial charge in [-0.05, 0) is 59.8 Å². The van der Waals surface area contributed by atoms with Crippen LogP contribution < -0.4 is 5.32 Å². The summed E-state index contributed by atoms with van der Waals surface area (Å²) in [5.41, 5.74) is 1.24. The van der Waals surface area contributed by atoms with Crippen molar-refractivity contribution < 1.29 is 17.5 Å². The molecule has 0 fully saturated rings. The largest absolute Gasteiger partial charge is 0.379 e. The molecule has 0 bridgehead atoms. The molecule has 2 aromatic rings. The van der Waals surface area contributed by atoms with Gasteiger partial charge in [-0.1, -0.05) is 36.2 Å². The van der Waals surface area contributed by atoms with Gasteiger partial charge in [0.25, 0.3) is 15.8 Å². The summed E-state index contributed by atoms with van der Waals surface area (Å²) in [6, 6.07) is 9.35. The van der Waals surface area contributed by atoms with Crippen LogP contribution in [0.1, 0.15) is 25.3 Å². The van der Waals surface area contributed by atoms with E-state index in [1.807, 2.05) is 13.8 Å². The van der Waals surface area contributed by atoms with Gasteiger partial charge in [-0.15, -0.1) is 0 Å². The number of halogens is 2. The molecule has 0 unspecified atom stereocenters. The second-order valence-electron chi connectivity index (χ2n) is 6.76. The molecule has 0 saturated carbocycles. The van der Waals surface area contributed by atoms with Crippen LogP contribution in [0.4, 0.5) is 11.4 Å². The topological polar surface area (TPSA) is 98.5 Å². The van der Waals surface area contributed by atoms with Crippen molar-refractivity contribution in [1.29, 1.82) is 0 Å². The molecule has 2 aromatic carbocycles. The zero-order chi connectivity index (χ0) is 21.6. The van der Waals surface area contributed by atoms with E-state index in [1.54, 1.807) is 18.2 Å². The van der Waals surface area contributed by atoms with Gasteiger partial charge in [-0.3, -0.25) is 14.3 Å². The lowest BCUT2D eigenvalue weighted by Crippen LogP contribution is -2.14. The summed E-state index contributed by atoms with van der Waals surface area (Å²) >= 11 is 9.19. The number of nitrogens with one attached hydrogen (secondary N) is 1. The minimum atomic E-state index is -3.76. The fraction of sp³-hybridized carbons (Fsp3) is 0.368. The minimum Gasteiger partial charge on any atom is -0.379 e. The number of nitro groups is 1. The van der Waals surface area contributed by atoms with Gasteiger partial charge in [0.05, 0.1) is 21.4 Å². The molecule has 0 aliphatic rings. The third-order valence-corrected chi connectivity index (χ3v) is 6.79. The van der Waals surface area contributed by atoms with Crippen molar-refractivity contribution in [2.75, 3.05) is 18.5 Å². The third kappa shape index (κ3) is 6.95. The first-order valence-electron chi connectivity index (χ1n) is 8.93. The molecule has 1 N–H and O–H groups in total. The van der Waals surface area contributed by atoms with Crippen LogP contribution in [0.3, 0.4) is 0 Å². The van der Waals surface area contributed by atoms with Crippen LogP contribution >= 0.6 is 27.5 Å². The van der Waals surface area contributed by atoms with Gasteiger partial charge < -0.3 is 5.32 Å². The van der Waals surface area contributed by atoms with Gasteiger partial charge in [0.15, 0.2) is 0 Å². The summed E-state index contributed by atoms with van der Waals surface area (Å²) in [6.07, 6.45) is 1.24. The lowest BCUT2D eigenvalue weighted by Gasteiger charge is -2.14. The molecule has 0 aromatic heterocycles. The molecule has 29 heavy (non-hydrogen) atoms. The van der Waals surface area contributed by atoms with Gasteiger partial charge in [0.1, 0.15) is 5.69 Å². The van der Waals surface area contributed by atoms with Crippen molar-refractivity contribution in [1.82, 2.24) is 0 Å². The van der Waals surface area contributed by atoms with Gasteiger partial charge in [0, 0.05) is 17.1 Å². The van der Waals surface area contributed by atoms with Crippen molar-refractivity contribution in [3.05, 3.63) is 61.6 Å². The number of hydrogen-bond donors (Lipinski definition) is 1. The molecular weight excluding hydrogens is 484 g/mol. The normalized spacial score (nSPS) is 12.6. The van der Waals surface area contributed by atoms with Crippen LogP contribution in [-0.4, -0.2) is 26.5 Å². The number of rotatable bonds is 10. The van der Waals surface area contributed by atoms with Crippen molar-refractivity contribution in [3.8, 4) is 0 Å². The molecule has 0 spiro atoms. The lowest BCUT2D eigenvalue weighted by molar-refractivity contribution is -0.384. The number of aryl methyl sites for hydroxylation is 1. The maximum atomic E-state index is 12.1. The molecule has 0 saturated heterocycles. The molecule has 10 heteroatoms. The maximum absolute atomic E-state index is 12.1. The average Bonchev–Trinajstić information content (AvgIpc) is 2.66. The predicted molar refractivity (Wildman–Crippen MR) is 117 cm³/mol. The van der Waals surface area contributed by atoms with Crippen LogP contribution in [0.5, 0.6) is 0 Å². The fourth-order valence-corrected chi connectivity index (χ4v) is 4.03. The first-order chi connectivity index (χ1) is 13.6. The zero-order valence-corrected chi connectivity index (χ0v) is 19.2. The van der Waals surface area contributed by atoms with Crippen LogP contribution in [0.2, 0.25) is 5.02 Å². The number of anilines is 1. The van der Waals surface area contributed by atoms with Gasteiger partial charge in [0.2, 0.25) is 0 Å². The lowest BCUT2D eigenvalue weighted by atomic mass is 10.1. The van der Waals surface area contributed by atoms with Crippen LogP contribution in [0.25, 0.3) is 0 Å². The van der Waals surface area contributed by atoms with E-state index in [1.165, 1.54) is 18.2 Å². The Labute approximate surface area is 183 Å². The van der Waals surface area contributed by atoms with Crippen LogP contribution in [0, 0.1) is 23.0 Å². The van der Waals surface area contributed by atoms with E-state index < -0.39 is 15.0 Å². The van der Waals surface area contributed by atoms with Gasteiger partial charge in [-0.2, -0.15) is 8.42 Å². The SMILES string of the molecule is Cc1ccc(S(=O)(=O)OCCC[C@@H](C)CNc2cc(Br)c(Cl)cc2[N+](=O)[O-])cc1. The fourth-order valence-electron chi connectivity index (χ4n) is 2.59. The summed E-state index contributed by atoms with van der Waals surface area (Å²) in [5.74, 6) is 0.148. The first-order valence-corrected chi connectivity index (χ1v) is 11.5. The van der Waals surface area contributed by atoms with Gasteiger partial charge in [-0.25, -0.2) is 0 Å². The summed E-state index contributed by atoms with van der Waals surface area (Å²) in [4.78, 5) is 10.8. The maximum Gasteiger partial charge on any atom is 0.296 e. The monoisotopic (exact) mass is 504 g/mol. The Kier molecular flexibility index (Phi) is 8.45. The molecular formula is C19H22BrClN2O5S. The van der Waals surface area contributed by atoms with E-state index >= 15 is 0 Å². The van der Waals surface area contributed by atoms with Crippen LogP contribution in [-0.2, 0) is 14.3 Å². The third-order valence-electron chi connectivity index (χ3n) is 4.27. The van der Waals surface area contributed by atoms with Crippen molar-refractivity contribution >= 4 is 49.0 Å². The number of nitro benzene ring substituents is 1. The molecule has 0 amide bonds. The van der Waals surface area contributed by atoms with E-state index in [-0.39, 0.29) is 28.1 Å². The van der Waals surface area contributed by atoms with E-state index in [0.29, 0.717) is 29.5 Å². The number of benzene rings is 2. The molecule has 0 heterocycles. The summed E-state index contributed by atoms with van der Waals surface area (Å²) in [6.45, 7) is 4.41. The Hall–Kier alpha value is -1.68. The van der Waals surface area contributed by atoms with Crippen molar-refractivity contribution in [3.63, 3.8) is 0 Å². The predicted octanol–water partition coefficient (Wildman–Crippen LogP) is 5.55. The van der Waals surface area contributed by atoms with Gasteiger partial charge >= 0.3 is 0 Å².